The first-order valence-corrected chi connectivity index (χ1v) is 10.7. The summed E-state index contributed by atoms with van der Waals surface area (Å²) in [5.74, 6) is 3.27. The third-order valence-corrected chi connectivity index (χ3v) is 5.71. The number of nitrogens with one attached hydrogen (secondary N) is 1. The van der Waals surface area contributed by atoms with Gasteiger partial charge in [-0.2, -0.15) is 5.10 Å². The summed E-state index contributed by atoms with van der Waals surface area (Å²) in [6.45, 7) is 9.03. The molecule has 8 nitrogen and oxygen atoms in total. The summed E-state index contributed by atoms with van der Waals surface area (Å²) in [4.78, 5) is 13.6. The summed E-state index contributed by atoms with van der Waals surface area (Å²) in [5.41, 5.74) is 0. The highest BCUT2D eigenvalue weighted by atomic mass is 16.5. The predicted molar refractivity (Wildman–Crippen MR) is 114 cm³/mol. The summed E-state index contributed by atoms with van der Waals surface area (Å²) in [7, 11) is 0. The van der Waals surface area contributed by atoms with Gasteiger partial charge in [-0.25, -0.2) is 9.97 Å². The Morgan fingerprint density at radius 1 is 1.07 bits per heavy atom. The van der Waals surface area contributed by atoms with Crippen molar-refractivity contribution < 1.29 is 4.74 Å². The van der Waals surface area contributed by atoms with E-state index < -0.39 is 0 Å². The first kappa shape index (κ1) is 19.8. The maximum Gasteiger partial charge on any atom is 0.151 e. The van der Waals surface area contributed by atoms with Crippen LogP contribution in [0, 0.1) is 5.92 Å². The molecule has 0 bridgehead atoms. The van der Waals surface area contributed by atoms with Gasteiger partial charge in [0, 0.05) is 45.0 Å². The number of hydrogen-bond acceptors (Lipinski definition) is 8. The zero-order valence-electron chi connectivity index (χ0n) is 17.4. The van der Waals surface area contributed by atoms with Crippen molar-refractivity contribution in [3.8, 4) is 0 Å². The van der Waals surface area contributed by atoms with E-state index in [9.17, 15) is 0 Å². The fourth-order valence-corrected chi connectivity index (χ4v) is 4.24. The van der Waals surface area contributed by atoms with E-state index in [1.165, 1.54) is 0 Å². The Morgan fingerprint density at radius 3 is 2.66 bits per heavy atom. The Morgan fingerprint density at radius 2 is 1.90 bits per heavy atom. The third-order valence-electron chi connectivity index (χ3n) is 5.71. The van der Waals surface area contributed by atoms with Crippen LogP contribution >= 0.6 is 0 Å². The average molecular weight is 398 g/mol. The zero-order valence-corrected chi connectivity index (χ0v) is 17.4. The van der Waals surface area contributed by atoms with Crippen molar-refractivity contribution in [3.05, 3.63) is 30.7 Å². The molecule has 0 amide bonds. The molecule has 0 aromatic carbocycles. The van der Waals surface area contributed by atoms with Crippen LogP contribution in [-0.2, 0) is 4.74 Å². The highest BCUT2D eigenvalue weighted by Gasteiger charge is 2.29. The fraction of sp³-hybridized carbons (Fsp3) is 0.619. The van der Waals surface area contributed by atoms with Gasteiger partial charge in [-0.15, -0.1) is 5.10 Å². The van der Waals surface area contributed by atoms with Gasteiger partial charge >= 0.3 is 0 Å². The molecule has 2 aliphatic heterocycles. The molecule has 4 heterocycles. The van der Waals surface area contributed by atoms with Crippen LogP contribution in [0.4, 0.5) is 17.5 Å². The van der Waals surface area contributed by atoms with Crippen LogP contribution in [0.2, 0.25) is 0 Å². The Labute approximate surface area is 172 Å². The molecule has 2 aromatic rings. The lowest BCUT2D eigenvalue weighted by molar-refractivity contribution is -0.0203. The molecule has 1 N–H and O–H groups in total. The zero-order chi connectivity index (χ0) is 20.1. The summed E-state index contributed by atoms with van der Waals surface area (Å²) in [6, 6.07) is 6.33. The van der Waals surface area contributed by atoms with E-state index in [1.807, 2.05) is 12.1 Å². The molecule has 2 saturated heterocycles. The van der Waals surface area contributed by atoms with Crippen LogP contribution in [0.15, 0.2) is 30.7 Å². The highest BCUT2D eigenvalue weighted by Crippen LogP contribution is 2.25. The summed E-state index contributed by atoms with van der Waals surface area (Å²) < 4.78 is 6.01. The topological polar surface area (TPSA) is 79.3 Å². The molecule has 2 aliphatic rings. The third kappa shape index (κ3) is 4.93. The molecule has 2 fully saturated rings. The van der Waals surface area contributed by atoms with Crippen molar-refractivity contribution >= 4 is 17.5 Å². The van der Waals surface area contributed by atoms with E-state index in [0.717, 1.165) is 69.5 Å². The molecule has 4 rings (SSSR count). The number of aromatic nitrogens is 4. The van der Waals surface area contributed by atoms with Gasteiger partial charge < -0.3 is 19.9 Å². The molecular weight excluding hydrogens is 366 g/mol. The normalized spacial score (nSPS) is 23.1. The number of hydrogen-bond donors (Lipinski definition) is 1. The Bertz CT molecular complexity index is 773. The number of anilines is 3. The monoisotopic (exact) mass is 397 g/mol. The second kappa shape index (κ2) is 9.35. The molecule has 29 heavy (non-hydrogen) atoms. The Balaban J connectivity index is 1.42. The first-order valence-electron chi connectivity index (χ1n) is 10.7. The van der Waals surface area contributed by atoms with E-state index in [4.69, 9.17) is 4.74 Å². The molecule has 2 atom stereocenters. The minimum absolute atomic E-state index is 0.223. The van der Waals surface area contributed by atoms with E-state index >= 15 is 0 Å². The molecule has 0 aliphatic carbocycles. The lowest BCUT2D eigenvalue weighted by Crippen LogP contribution is -2.43. The van der Waals surface area contributed by atoms with E-state index in [-0.39, 0.29) is 6.10 Å². The van der Waals surface area contributed by atoms with Crippen molar-refractivity contribution in [2.45, 2.75) is 45.3 Å². The van der Waals surface area contributed by atoms with Crippen molar-refractivity contribution in [2.24, 2.45) is 5.92 Å². The van der Waals surface area contributed by atoms with E-state index in [2.05, 4.69) is 55.2 Å². The molecule has 0 radical (unpaired) electrons. The molecule has 156 valence electrons. The van der Waals surface area contributed by atoms with Crippen LogP contribution in [0.25, 0.3) is 0 Å². The predicted octanol–water partition coefficient (Wildman–Crippen LogP) is 2.60. The molecule has 8 heteroatoms. The summed E-state index contributed by atoms with van der Waals surface area (Å²) >= 11 is 0. The molecule has 0 spiro atoms. The van der Waals surface area contributed by atoms with Gasteiger partial charge in [-0.1, -0.05) is 13.8 Å². The van der Waals surface area contributed by atoms with Gasteiger partial charge in [0.05, 0.1) is 12.1 Å². The lowest BCUT2D eigenvalue weighted by Gasteiger charge is -2.35. The van der Waals surface area contributed by atoms with Gasteiger partial charge in [0.2, 0.25) is 0 Å². The van der Waals surface area contributed by atoms with E-state index in [1.54, 1.807) is 12.5 Å². The second-order valence-corrected chi connectivity index (χ2v) is 8.14. The van der Waals surface area contributed by atoms with Crippen molar-refractivity contribution in [1.82, 2.24) is 20.2 Å². The largest absolute Gasteiger partial charge is 0.376 e. The highest BCUT2D eigenvalue weighted by molar-refractivity contribution is 5.50. The van der Waals surface area contributed by atoms with Crippen LogP contribution in [0.1, 0.15) is 33.1 Å². The minimum Gasteiger partial charge on any atom is -0.376 e. The van der Waals surface area contributed by atoms with Crippen LogP contribution in [-0.4, -0.2) is 65.1 Å². The lowest BCUT2D eigenvalue weighted by atomic mass is 9.94. The van der Waals surface area contributed by atoms with Gasteiger partial charge in [0.15, 0.2) is 5.82 Å². The number of rotatable bonds is 5. The SMILES string of the molecule is CC(C)[C@@H]1OCCC[C@H]1Nc1cc(N2CCCN(c3cccnn3)CC2)ncn1. The van der Waals surface area contributed by atoms with Crippen molar-refractivity contribution in [1.29, 1.82) is 0 Å². The van der Waals surface area contributed by atoms with Crippen LogP contribution < -0.4 is 15.1 Å². The Kier molecular flexibility index (Phi) is 6.39. The van der Waals surface area contributed by atoms with Crippen molar-refractivity contribution in [2.75, 3.05) is 47.9 Å². The summed E-state index contributed by atoms with van der Waals surface area (Å²) in [5, 5.41) is 11.9. The first-order chi connectivity index (χ1) is 14.2. The second-order valence-electron chi connectivity index (χ2n) is 8.14. The maximum absolute atomic E-state index is 6.01. The smallest absolute Gasteiger partial charge is 0.151 e. The number of ether oxygens (including phenoxy) is 1. The van der Waals surface area contributed by atoms with Gasteiger partial charge in [-0.3, -0.25) is 0 Å². The van der Waals surface area contributed by atoms with Gasteiger partial charge in [-0.05, 0) is 37.3 Å². The molecular formula is C21H31N7O. The quantitative estimate of drug-likeness (QED) is 0.825. The Hall–Kier alpha value is -2.48. The minimum atomic E-state index is 0.223. The fourth-order valence-electron chi connectivity index (χ4n) is 4.24. The van der Waals surface area contributed by atoms with Gasteiger partial charge in [0.1, 0.15) is 18.0 Å². The number of nitrogens with zero attached hydrogens (tertiary/aromatic N) is 6. The van der Waals surface area contributed by atoms with Crippen LogP contribution in [0.3, 0.4) is 0 Å². The van der Waals surface area contributed by atoms with Gasteiger partial charge in [0.25, 0.3) is 0 Å². The summed E-state index contributed by atoms with van der Waals surface area (Å²) in [6.07, 6.45) is 6.85. The standard InChI is InChI=1S/C21H31N7O/c1-16(2)21-17(6-4-13-29-21)25-18-14-20(23-15-22-18)28-10-5-9-27(11-12-28)19-7-3-8-24-26-19/h3,7-8,14-17,21H,4-6,9-13H2,1-2H3,(H,22,23,25)/t17-,21+/m1/s1. The average Bonchev–Trinajstić information content (AvgIpc) is 3.01. The maximum atomic E-state index is 6.01. The van der Waals surface area contributed by atoms with Crippen LogP contribution in [0.5, 0.6) is 0 Å². The molecule has 2 aromatic heterocycles. The molecule has 0 unspecified atom stereocenters. The van der Waals surface area contributed by atoms with Crippen molar-refractivity contribution in [3.63, 3.8) is 0 Å². The van der Waals surface area contributed by atoms with E-state index in [0.29, 0.717) is 12.0 Å². The molecule has 0 saturated carbocycles.